The Hall–Kier alpha value is -2.45. The molecule has 9 heteroatoms. The minimum atomic E-state index is -4.47. The Bertz CT molecular complexity index is 878. The topological polar surface area (TPSA) is 67.6 Å². The molecule has 1 N–H and O–H groups in total. The Labute approximate surface area is 126 Å². The van der Waals surface area contributed by atoms with Crippen molar-refractivity contribution in [2.45, 2.75) is 30.9 Å². The summed E-state index contributed by atoms with van der Waals surface area (Å²) in [6, 6.07) is 2.64. The number of hydrogen-bond acceptors (Lipinski definition) is 4. The Morgan fingerprint density at radius 3 is 2.65 bits per heavy atom. The molecule has 2 aromatic heterocycles. The predicted octanol–water partition coefficient (Wildman–Crippen LogP) is 3.74. The fraction of sp³-hybridized carbons (Fsp3) is 0.357. The van der Waals surface area contributed by atoms with E-state index in [2.05, 4.69) is 20.1 Å². The lowest BCUT2D eigenvalue weighted by Gasteiger charge is -2.40. The van der Waals surface area contributed by atoms with Gasteiger partial charge in [0.2, 0.25) is 0 Å². The van der Waals surface area contributed by atoms with E-state index in [1.807, 2.05) is 0 Å². The van der Waals surface area contributed by atoms with Crippen LogP contribution in [-0.4, -0.2) is 26.3 Å². The van der Waals surface area contributed by atoms with Crippen molar-refractivity contribution in [2.75, 3.05) is 0 Å². The van der Waals surface area contributed by atoms with Crippen molar-refractivity contribution >= 4 is 11.0 Å². The first-order valence-corrected chi connectivity index (χ1v) is 6.95. The van der Waals surface area contributed by atoms with Crippen molar-refractivity contribution in [3.8, 4) is 11.5 Å². The van der Waals surface area contributed by atoms with E-state index in [1.165, 1.54) is 18.5 Å². The number of aromatic nitrogens is 4. The second kappa shape index (κ2) is 4.53. The summed E-state index contributed by atoms with van der Waals surface area (Å²) < 4.78 is 59.0. The van der Waals surface area contributed by atoms with Gasteiger partial charge in [-0.1, -0.05) is 11.6 Å². The number of aromatic amines is 1. The number of hydrogen-bond donors (Lipinski definition) is 1. The first-order chi connectivity index (χ1) is 10.9. The van der Waals surface area contributed by atoms with Gasteiger partial charge in [-0.15, -0.1) is 0 Å². The minimum absolute atomic E-state index is 0.0927. The lowest BCUT2D eigenvalue weighted by Crippen LogP contribution is -2.48. The van der Waals surface area contributed by atoms with Crippen LogP contribution in [0.25, 0.3) is 22.5 Å². The van der Waals surface area contributed by atoms with Gasteiger partial charge in [-0.25, -0.2) is 9.37 Å². The average Bonchev–Trinajstić information content (AvgIpc) is 3.04. The van der Waals surface area contributed by atoms with Gasteiger partial charge in [-0.2, -0.15) is 18.2 Å². The van der Waals surface area contributed by atoms with E-state index in [4.69, 9.17) is 4.52 Å². The molecule has 2 heterocycles. The van der Waals surface area contributed by atoms with Crippen molar-refractivity contribution < 1.29 is 22.1 Å². The van der Waals surface area contributed by atoms with E-state index in [0.717, 1.165) is 0 Å². The van der Waals surface area contributed by atoms with Gasteiger partial charge in [-0.3, -0.25) is 0 Å². The molecule has 1 aromatic carbocycles. The number of imidazole rings is 1. The van der Waals surface area contributed by atoms with E-state index < -0.39 is 23.2 Å². The van der Waals surface area contributed by atoms with Gasteiger partial charge in [0.05, 0.1) is 11.8 Å². The fourth-order valence-electron chi connectivity index (χ4n) is 2.87. The van der Waals surface area contributed by atoms with Gasteiger partial charge in [0.1, 0.15) is 22.3 Å². The quantitative estimate of drug-likeness (QED) is 0.729. The Kier molecular flexibility index (Phi) is 2.79. The van der Waals surface area contributed by atoms with Crippen LogP contribution < -0.4 is 0 Å². The summed E-state index contributed by atoms with van der Waals surface area (Å²) in [6.07, 6.45) is -2.86. The number of benzene rings is 1. The van der Waals surface area contributed by atoms with Crippen molar-refractivity contribution in [1.82, 2.24) is 20.1 Å². The second-order valence-corrected chi connectivity index (χ2v) is 5.58. The summed E-state index contributed by atoms with van der Waals surface area (Å²) in [6.45, 7) is 0. The maximum Gasteiger partial charge on any atom is 0.401 e. The zero-order chi connectivity index (χ0) is 16.2. The SMILES string of the molecule is Fc1ccc2[nH]cnc2c1-c1nc(C2(C(F)(F)F)CCC2)no1. The zero-order valence-corrected chi connectivity index (χ0v) is 11.6. The molecule has 4 rings (SSSR count). The van der Waals surface area contributed by atoms with E-state index >= 15 is 0 Å². The average molecular weight is 326 g/mol. The molecular formula is C14H10F4N4O. The molecule has 0 bridgehead atoms. The molecule has 0 unspecified atom stereocenters. The van der Waals surface area contributed by atoms with Crippen LogP contribution >= 0.6 is 0 Å². The van der Waals surface area contributed by atoms with Crippen molar-refractivity contribution in [3.05, 3.63) is 30.1 Å². The third kappa shape index (κ3) is 1.88. The zero-order valence-electron chi connectivity index (χ0n) is 11.6. The number of alkyl halides is 3. The third-order valence-electron chi connectivity index (χ3n) is 4.36. The van der Waals surface area contributed by atoms with Crippen LogP contribution in [0.4, 0.5) is 17.6 Å². The number of halogens is 4. The van der Waals surface area contributed by atoms with Gasteiger partial charge in [-0.05, 0) is 25.0 Å². The molecule has 1 aliphatic rings. The van der Waals surface area contributed by atoms with Gasteiger partial charge < -0.3 is 9.51 Å². The van der Waals surface area contributed by atoms with Crippen LogP contribution in [0.15, 0.2) is 23.0 Å². The van der Waals surface area contributed by atoms with Crippen LogP contribution in [0.1, 0.15) is 25.1 Å². The van der Waals surface area contributed by atoms with Crippen LogP contribution in [-0.2, 0) is 5.41 Å². The summed E-state index contributed by atoms with van der Waals surface area (Å²) in [5, 5.41) is 3.47. The molecular weight excluding hydrogens is 316 g/mol. The fourth-order valence-corrected chi connectivity index (χ4v) is 2.87. The van der Waals surface area contributed by atoms with Crippen LogP contribution in [0.3, 0.4) is 0 Å². The summed E-state index contributed by atoms with van der Waals surface area (Å²) in [7, 11) is 0. The van der Waals surface area contributed by atoms with Gasteiger partial charge in [0.25, 0.3) is 5.89 Å². The third-order valence-corrected chi connectivity index (χ3v) is 4.36. The highest BCUT2D eigenvalue weighted by Gasteiger charge is 2.62. The molecule has 0 radical (unpaired) electrons. The summed E-state index contributed by atoms with van der Waals surface area (Å²) >= 11 is 0. The van der Waals surface area contributed by atoms with Crippen LogP contribution in [0.2, 0.25) is 0 Å². The largest absolute Gasteiger partial charge is 0.401 e. The van der Waals surface area contributed by atoms with Gasteiger partial charge in [0.15, 0.2) is 5.82 Å². The number of nitrogens with zero attached hydrogens (tertiary/aromatic N) is 3. The molecule has 23 heavy (non-hydrogen) atoms. The normalized spacial score (nSPS) is 17.4. The Morgan fingerprint density at radius 2 is 2.00 bits per heavy atom. The maximum atomic E-state index is 14.1. The summed E-state index contributed by atoms with van der Waals surface area (Å²) in [4.78, 5) is 10.6. The molecule has 0 saturated heterocycles. The van der Waals surface area contributed by atoms with Gasteiger partial charge in [0, 0.05) is 0 Å². The molecule has 1 fully saturated rings. The van der Waals surface area contributed by atoms with E-state index in [9.17, 15) is 17.6 Å². The maximum absolute atomic E-state index is 14.1. The molecule has 0 amide bonds. The van der Waals surface area contributed by atoms with E-state index in [1.54, 1.807) is 0 Å². The monoisotopic (exact) mass is 326 g/mol. The molecule has 1 aliphatic carbocycles. The van der Waals surface area contributed by atoms with Crippen molar-refractivity contribution in [1.29, 1.82) is 0 Å². The smallest absolute Gasteiger partial charge is 0.345 e. The predicted molar refractivity (Wildman–Crippen MR) is 70.9 cm³/mol. The number of fused-ring (bicyclic) bond motifs is 1. The Morgan fingerprint density at radius 1 is 1.22 bits per heavy atom. The molecule has 120 valence electrons. The van der Waals surface area contributed by atoms with E-state index in [-0.39, 0.29) is 29.8 Å². The molecule has 0 aliphatic heterocycles. The molecule has 0 atom stereocenters. The second-order valence-electron chi connectivity index (χ2n) is 5.58. The molecule has 1 saturated carbocycles. The highest BCUT2D eigenvalue weighted by molar-refractivity contribution is 5.89. The van der Waals surface area contributed by atoms with Gasteiger partial charge >= 0.3 is 6.18 Å². The molecule has 5 nitrogen and oxygen atoms in total. The lowest BCUT2D eigenvalue weighted by atomic mass is 9.67. The Balaban J connectivity index is 1.85. The molecule has 0 spiro atoms. The highest BCUT2D eigenvalue weighted by atomic mass is 19.4. The highest BCUT2D eigenvalue weighted by Crippen LogP contribution is 2.53. The summed E-state index contributed by atoms with van der Waals surface area (Å²) in [5.41, 5.74) is -1.44. The number of nitrogens with one attached hydrogen (secondary N) is 1. The first kappa shape index (κ1) is 14.2. The van der Waals surface area contributed by atoms with Crippen molar-refractivity contribution in [3.63, 3.8) is 0 Å². The lowest BCUT2D eigenvalue weighted by molar-refractivity contribution is -0.215. The molecule has 3 aromatic rings. The number of rotatable bonds is 2. The van der Waals surface area contributed by atoms with Crippen LogP contribution in [0.5, 0.6) is 0 Å². The standard InChI is InChI=1S/C14H10F4N4O/c15-7-2-3-8-10(20-6-19-8)9(7)11-21-12(22-23-11)13(4-1-5-13)14(16,17)18/h2-3,6H,1,4-5H2,(H,19,20). The number of H-pyrrole nitrogens is 1. The van der Waals surface area contributed by atoms with E-state index in [0.29, 0.717) is 11.9 Å². The first-order valence-electron chi connectivity index (χ1n) is 6.95. The van der Waals surface area contributed by atoms with Crippen molar-refractivity contribution in [2.24, 2.45) is 0 Å². The summed E-state index contributed by atoms with van der Waals surface area (Å²) in [5.74, 6) is -1.43. The minimum Gasteiger partial charge on any atom is -0.345 e. The van der Waals surface area contributed by atoms with Crippen LogP contribution in [0, 0.1) is 5.82 Å².